The predicted molar refractivity (Wildman–Crippen MR) is 58.5 cm³/mol. The molecule has 1 nitrogen and oxygen atoms in total. The molecule has 0 radical (unpaired) electrons. The van der Waals surface area contributed by atoms with Crippen LogP contribution in [-0.4, -0.2) is 11.2 Å². The molecule has 3 heteroatoms. The van der Waals surface area contributed by atoms with Gasteiger partial charge in [-0.1, -0.05) is 15.9 Å². The van der Waals surface area contributed by atoms with Gasteiger partial charge in [0.2, 0.25) is 0 Å². The number of carbonyl (C=O) groups is 1. The van der Waals surface area contributed by atoms with Crippen LogP contribution < -0.4 is 0 Å². The van der Waals surface area contributed by atoms with Crippen molar-refractivity contribution in [1.29, 1.82) is 0 Å². The fraction of sp³-hybridized carbons (Fsp3) is 0.300. The number of Topliss-reactive ketones (excluding diaryl/α,β-unsaturated/α-hetero) is 1. The van der Waals surface area contributed by atoms with Gasteiger partial charge < -0.3 is 0 Å². The third-order valence-electron chi connectivity index (χ3n) is 1.69. The molecule has 1 aromatic rings. The molecule has 1 aromatic carbocycles. The van der Waals surface area contributed by atoms with Gasteiger partial charge in [0.1, 0.15) is 0 Å². The Morgan fingerprint density at radius 1 is 1.46 bits per heavy atom. The molecule has 0 N–H and O–H groups in total. The standard InChI is InChI=1S/C10H10BrClO/c1-6-3-8(5-9(11)4-6)10(13)7(2)12/h3-5,7H,1-2H3. The van der Waals surface area contributed by atoms with Gasteiger partial charge in [0.05, 0.1) is 5.38 Å². The zero-order valence-electron chi connectivity index (χ0n) is 7.47. The number of aryl methyl sites for hydroxylation is 1. The van der Waals surface area contributed by atoms with Gasteiger partial charge in [0, 0.05) is 10.0 Å². The van der Waals surface area contributed by atoms with E-state index in [1.54, 1.807) is 13.0 Å². The maximum Gasteiger partial charge on any atom is 0.180 e. The molecule has 0 aliphatic carbocycles. The molecule has 70 valence electrons. The van der Waals surface area contributed by atoms with Crippen molar-refractivity contribution in [3.63, 3.8) is 0 Å². The molecule has 0 fully saturated rings. The maximum atomic E-state index is 11.5. The van der Waals surface area contributed by atoms with Crippen molar-refractivity contribution in [1.82, 2.24) is 0 Å². The number of halogens is 2. The normalized spacial score (nSPS) is 12.6. The second-order valence-corrected chi connectivity index (χ2v) is 4.57. The molecule has 0 aliphatic heterocycles. The average molecular weight is 262 g/mol. The third-order valence-corrected chi connectivity index (χ3v) is 2.34. The van der Waals surface area contributed by atoms with Crippen LogP contribution in [0.4, 0.5) is 0 Å². The molecule has 1 rings (SSSR count). The first kappa shape index (κ1) is 10.7. The van der Waals surface area contributed by atoms with Crippen molar-refractivity contribution < 1.29 is 4.79 Å². The summed E-state index contributed by atoms with van der Waals surface area (Å²) in [7, 11) is 0. The molecule has 13 heavy (non-hydrogen) atoms. The van der Waals surface area contributed by atoms with E-state index in [-0.39, 0.29) is 5.78 Å². The summed E-state index contributed by atoms with van der Waals surface area (Å²) in [4.78, 5) is 11.5. The van der Waals surface area contributed by atoms with Crippen LogP contribution in [0.2, 0.25) is 0 Å². The molecule has 0 bridgehead atoms. The van der Waals surface area contributed by atoms with Crippen LogP contribution in [0.1, 0.15) is 22.8 Å². The van der Waals surface area contributed by atoms with Crippen LogP contribution in [0.25, 0.3) is 0 Å². The Bertz CT molecular complexity index is 313. The number of carbonyl (C=O) groups excluding carboxylic acids is 1. The van der Waals surface area contributed by atoms with E-state index < -0.39 is 5.38 Å². The summed E-state index contributed by atoms with van der Waals surface area (Å²) in [6, 6.07) is 5.58. The second kappa shape index (κ2) is 4.25. The van der Waals surface area contributed by atoms with Crippen LogP contribution in [0.3, 0.4) is 0 Å². The highest BCUT2D eigenvalue weighted by atomic mass is 79.9. The molecular weight excluding hydrogens is 251 g/mol. The summed E-state index contributed by atoms with van der Waals surface area (Å²) in [6.45, 7) is 3.63. The molecule has 0 saturated carbocycles. The highest BCUT2D eigenvalue weighted by Crippen LogP contribution is 2.17. The number of hydrogen-bond donors (Lipinski definition) is 0. The molecule has 1 unspecified atom stereocenters. The SMILES string of the molecule is Cc1cc(Br)cc(C(=O)C(C)Cl)c1. The Morgan fingerprint density at radius 2 is 2.08 bits per heavy atom. The van der Waals surface area contributed by atoms with Gasteiger partial charge in [0.15, 0.2) is 5.78 Å². The lowest BCUT2D eigenvalue weighted by molar-refractivity contribution is 0.0991. The van der Waals surface area contributed by atoms with E-state index in [1.807, 2.05) is 19.1 Å². The van der Waals surface area contributed by atoms with E-state index in [4.69, 9.17) is 11.6 Å². The number of benzene rings is 1. The molecule has 0 aromatic heterocycles. The van der Waals surface area contributed by atoms with Crippen LogP contribution >= 0.6 is 27.5 Å². The quantitative estimate of drug-likeness (QED) is 0.587. The molecular formula is C10H10BrClO. The fourth-order valence-corrected chi connectivity index (χ4v) is 1.84. The van der Waals surface area contributed by atoms with Crippen LogP contribution in [0.15, 0.2) is 22.7 Å². The minimum absolute atomic E-state index is 0.0360. The number of alkyl halides is 1. The number of ketones is 1. The molecule has 0 amide bonds. The van der Waals surface area contributed by atoms with Crippen LogP contribution in [0, 0.1) is 6.92 Å². The Balaban J connectivity index is 3.08. The van der Waals surface area contributed by atoms with E-state index in [9.17, 15) is 4.79 Å². The Morgan fingerprint density at radius 3 is 2.54 bits per heavy atom. The van der Waals surface area contributed by atoms with Crippen molar-refractivity contribution in [2.24, 2.45) is 0 Å². The molecule has 0 heterocycles. The summed E-state index contributed by atoms with van der Waals surface area (Å²) in [5.41, 5.74) is 1.71. The highest BCUT2D eigenvalue weighted by Gasteiger charge is 2.12. The van der Waals surface area contributed by atoms with E-state index in [0.717, 1.165) is 10.0 Å². The average Bonchev–Trinajstić information content (AvgIpc) is 2.01. The number of hydrogen-bond acceptors (Lipinski definition) is 1. The first-order valence-electron chi connectivity index (χ1n) is 3.96. The van der Waals surface area contributed by atoms with Gasteiger partial charge in [-0.25, -0.2) is 0 Å². The summed E-state index contributed by atoms with van der Waals surface area (Å²) in [5.74, 6) is -0.0360. The van der Waals surface area contributed by atoms with E-state index in [2.05, 4.69) is 15.9 Å². The monoisotopic (exact) mass is 260 g/mol. The van der Waals surface area contributed by atoms with Gasteiger partial charge >= 0.3 is 0 Å². The first-order chi connectivity index (χ1) is 6.00. The topological polar surface area (TPSA) is 17.1 Å². The zero-order valence-corrected chi connectivity index (χ0v) is 9.82. The molecule has 0 aliphatic rings. The lowest BCUT2D eigenvalue weighted by Gasteiger charge is -2.04. The summed E-state index contributed by atoms with van der Waals surface area (Å²) < 4.78 is 0.910. The van der Waals surface area contributed by atoms with Crippen molar-refractivity contribution in [3.05, 3.63) is 33.8 Å². The van der Waals surface area contributed by atoms with Gasteiger partial charge in [0.25, 0.3) is 0 Å². The smallest absolute Gasteiger partial charge is 0.180 e. The molecule has 0 spiro atoms. The van der Waals surface area contributed by atoms with Crippen LogP contribution in [-0.2, 0) is 0 Å². The predicted octanol–water partition coefficient (Wildman–Crippen LogP) is 3.57. The first-order valence-corrected chi connectivity index (χ1v) is 5.19. The maximum absolute atomic E-state index is 11.5. The minimum atomic E-state index is -0.464. The van der Waals surface area contributed by atoms with Crippen molar-refractivity contribution in [2.75, 3.05) is 0 Å². The Hall–Kier alpha value is -0.340. The van der Waals surface area contributed by atoms with Gasteiger partial charge in [-0.2, -0.15) is 0 Å². The van der Waals surface area contributed by atoms with E-state index >= 15 is 0 Å². The zero-order chi connectivity index (χ0) is 10.0. The van der Waals surface area contributed by atoms with Gasteiger partial charge in [-0.3, -0.25) is 4.79 Å². The molecule has 1 atom stereocenters. The Labute approximate surface area is 91.2 Å². The van der Waals surface area contributed by atoms with Crippen LogP contribution in [0.5, 0.6) is 0 Å². The Kier molecular flexibility index (Phi) is 3.51. The van der Waals surface area contributed by atoms with Crippen molar-refractivity contribution in [3.8, 4) is 0 Å². The lowest BCUT2D eigenvalue weighted by Crippen LogP contribution is -2.10. The molecule has 0 saturated heterocycles. The van der Waals surface area contributed by atoms with Crippen molar-refractivity contribution in [2.45, 2.75) is 19.2 Å². The third kappa shape index (κ3) is 2.82. The summed E-state index contributed by atoms with van der Waals surface area (Å²) >= 11 is 9.04. The van der Waals surface area contributed by atoms with Gasteiger partial charge in [-0.05, 0) is 37.6 Å². The second-order valence-electron chi connectivity index (χ2n) is 3.00. The largest absolute Gasteiger partial charge is 0.293 e. The van der Waals surface area contributed by atoms with Crippen molar-refractivity contribution >= 4 is 33.3 Å². The number of rotatable bonds is 2. The highest BCUT2D eigenvalue weighted by molar-refractivity contribution is 9.10. The fourth-order valence-electron chi connectivity index (χ4n) is 1.11. The summed E-state index contributed by atoms with van der Waals surface area (Å²) in [6.07, 6.45) is 0. The minimum Gasteiger partial charge on any atom is -0.293 e. The van der Waals surface area contributed by atoms with E-state index in [0.29, 0.717) is 5.56 Å². The van der Waals surface area contributed by atoms with Gasteiger partial charge in [-0.15, -0.1) is 11.6 Å². The van der Waals surface area contributed by atoms with E-state index in [1.165, 1.54) is 0 Å². The summed E-state index contributed by atoms with van der Waals surface area (Å²) in [5, 5.41) is -0.464. The lowest BCUT2D eigenvalue weighted by atomic mass is 10.1.